The molecule has 36 heavy (non-hydrogen) atoms. The van der Waals surface area contributed by atoms with Crippen LogP contribution in [0.4, 0.5) is 11.4 Å². The first-order chi connectivity index (χ1) is 17.1. The minimum Gasteiger partial charge on any atom is -0.280 e. The Hall–Kier alpha value is -3.54. The predicted octanol–water partition coefficient (Wildman–Crippen LogP) is 3.76. The van der Waals surface area contributed by atoms with Crippen molar-refractivity contribution < 1.29 is 16.8 Å². The Morgan fingerprint density at radius 2 is 1.81 bits per heavy atom. The molecule has 0 radical (unpaired) electrons. The van der Waals surface area contributed by atoms with Crippen molar-refractivity contribution in [3.63, 3.8) is 0 Å². The van der Waals surface area contributed by atoms with Gasteiger partial charge >= 0.3 is 10.2 Å². The summed E-state index contributed by atoms with van der Waals surface area (Å²) in [4.78, 5) is 9.17. The van der Waals surface area contributed by atoms with Crippen LogP contribution in [0.5, 0.6) is 0 Å². The molecule has 0 spiro atoms. The van der Waals surface area contributed by atoms with E-state index in [2.05, 4.69) is 19.4 Å². The molecule has 186 valence electrons. The Bertz CT molecular complexity index is 1690. The standard InChI is InChI=1S/C25H25N5O4S2/c1-17-8-9-20(15-22(17)25-26-16-19-6-3-4-7-23(19)28-25)29-35(31,32)24-11-10-21(14-18(24)2)30-13-5-12-27-36(30,33)34/h3-4,6-11,14-16,27,29H,5,12-13H2,1-2H3. The molecule has 2 heterocycles. The van der Waals surface area contributed by atoms with E-state index in [1.165, 1.54) is 16.4 Å². The van der Waals surface area contributed by atoms with E-state index in [0.717, 1.165) is 22.0 Å². The lowest BCUT2D eigenvalue weighted by molar-refractivity contribution is 0.560. The molecule has 1 aliphatic rings. The second-order valence-electron chi connectivity index (χ2n) is 8.66. The molecule has 0 aliphatic carbocycles. The highest BCUT2D eigenvalue weighted by molar-refractivity contribution is 7.92. The largest absolute Gasteiger partial charge is 0.301 e. The topological polar surface area (TPSA) is 121 Å². The summed E-state index contributed by atoms with van der Waals surface area (Å²) in [6.45, 7) is 4.28. The molecule has 0 bridgehead atoms. The Morgan fingerprint density at radius 1 is 1.00 bits per heavy atom. The normalized spacial score (nSPS) is 15.7. The summed E-state index contributed by atoms with van der Waals surface area (Å²) < 4.78 is 57.6. The number of hydrogen-bond donors (Lipinski definition) is 2. The van der Waals surface area contributed by atoms with Crippen LogP contribution in [0.2, 0.25) is 0 Å². The third-order valence-corrected chi connectivity index (χ3v) is 9.15. The van der Waals surface area contributed by atoms with Gasteiger partial charge in [0.15, 0.2) is 5.82 Å². The van der Waals surface area contributed by atoms with E-state index < -0.39 is 20.2 Å². The second-order valence-corrected chi connectivity index (χ2v) is 12.0. The molecule has 0 unspecified atom stereocenters. The molecule has 1 aromatic heterocycles. The van der Waals surface area contributed by atoms with Crippen LogP contribution in [0.3, 0.4) is 0 Å². The van der Waals surface area contributed by atoms with Gasteiger partial charge in [-0.2, -0.15) is 13.1 Å². The van der Waals surface area contributed by atoms with Crippen molar-refractivity contribution in [2.75, 3.05) is 22.1 Å². The average Bonchev–Trinajstić information content (AvgIpc) is 2.84. The van der Waals surface area contributed by atoms with Crippen molar-refractivity contribution in [3.05, 3.63) is 78.0 Å². The van der Waals surface area contributed by atoms with Crippen molar-refractivity contribution in [1.82, 2.24) is 14.7 Å². The first-order valence-electron chi connectivity index (χ1n) is 11.4. The summed E-state index contributed by atoms with van der Waals surface area (Å²) in [5, 5.41) is 0.919. The fourth-order valence-electron chi connectivity index (χ4n) is 4.22. The summed E-state index contributed by atoms with van der Waals surface area (Å²) in [6.07, 6.45) is 2.41. The van der Waals surface area contributed by atoms with Crippen molar-refractivity contribution >= 4 is 42.5 Å². The van der Waals surface area contributed by atoms with Gasteiger partial charge in [0, 0.05) is 35.9 Å². The smallest absolute Gasteiger partial charge is 0.280 e. The van der Waals surface area contributed by atoms with E-state index in [1.54, 1.807) is 31.3 Å². The lowest BCUT2D eigenvalue weighted by atomic mass is 10.1. The Morgan fingerprint density at radius 3 is 2.58 bits per heavy atom. The summed E-state index contributed by atoms with van der Waals surface area (Å²) in [5.41, 5.74) is 3.66. The van der Waals surface area contributed by atoms with Gasteiger partial charge in [0.25, 0.3) is 10.0 Å². The third kappa shape index (κ3) is 4.64. The minimum absolute atomic E-state index is 0.0673. The molecule has 4 aromatic rings. The molecule has 1 fully saturated rings. The number of aromatic nitrogens is 2. The van der Waals surface area contributed by atoms with Crippen molar-refractivity contribution in [1.29, 1.82) is 0 Å². The number of benzene rings is 3. The number of fused-ring (bicyclic) bond motifs is 1. The van der Waals surface area contributed by atoms with Crippen LogP contribution in [0.15, 0.2) is 71.8 Å². The van der Waals surface area contributed by atoms with Gasteiger partial charge < -0.3 is 0 Å². The summed E-state index contributed by atoms with van der Waals surface area (Å²) in [6, 6.07) is 17.4. The van der Waals surface area contributed by atoms with Gasteiger partial charge in [-0.25, -0.2) is 18.4 Å². The van der Waals surface area contributed by atoms with Crippen LogP contribution < -0.4 is 13.7 Å². The molecule has 1 aliphatic heterocycles. The molecule has 9 nitrogen and oxygen atoms in total. The van der Waals surface area contributed by atoms with Gasteiger partial charge in [-0.1, -0.05) is 24.3 Å². The summed E-state index contributed by atoms with van der Waals surface area (Å²) in [5.74, 6) is 0.504. The Kier molecular flexibility index (Phi) is 6.15. The van der Waals surface area contributed by atoms with Crippen LogP contribution >= 0.6 is 0 Å². The molecule has 5 rings (SSSR count). The van der Waals surface area contributed by atoms with E-state index in [0.29, 0.717) is 42.3 Å². The van der Waals surface area contributed by atoms with E-state index in [1.807, 2.05) is 37.3 Å². The molecule has 0 amide bonds. The van der Waals surface area contributed by atoms with Gasteiger partial charge in [-0.15, -0.1) is 0 Å². The van der Waals surface area contributed by atoms with Crippen LogP contribution in [0.1, 0.15) is 17.5 Å². The fourth-order valence-corrected chi connectivity index (χ4v) is 6.81. The van der Waals surface area contributed by atoms with Crippen LogP contribution in [0.25, 0.3) is 22.3 Å². The van der Waals surface area contributed by atoms with Crippen molar-refractivity contribution in [2.45, 2.75) is 25.2 Å². The number of nitrogens with one attached hydrogen (secondary N) is 2. The van der Waals surface area contributed by atoms with Crippen LogP contribution in [-0.4, -0.2) is 39.9 Å². The number of anilines is 2. The summed E-state index contributed by atoms with van der Waals surface area (Å²) >= 11 is 0. The first-order valence-corrected chi connectivity index (χ1v) is 14.3. The molecule has 2 N–H and O–H groups in total. The highest BCUT2D eigenvalue weighted by Gasteiger charge is 2.27. The molecule has 11 heteroatoms. The molecule has 0 atom stereocenters. The van der Waals surface area contributed by atoms with Gasteiger partial charge in [-0.05, 0) is 67.8 Å². The minimum atomic E-state index is -3.94. The number of para-hydroxylation sites is 1. The molecule has 1 saturated heterocycles. The SMILES string of the molecule is Cc1ccc(NS(=O)(=O)c2ccc(N3CCCNS3(=O)=O)cc2C)cc1-c1ncc2ccccc2n1. The lowest BCUT2D eigenvalue weighted by Crippen LogP contribution is -2.47. The molecular weight excluding hydrogens is 498 g/mol. The Labute approximate surface area is 210 Å². The van der Waals surface area contributed by atoms with Gasteiger partial charge in [0.05, 0.1) is 16.1 Å². The zero-order chi connectivity index (χ0) is 25.5. The van der Waals surface area contributed by atoms with Crippen LogP contribution in [-0.2, 0) is 20.2 Å². The zero-order valence-electron chi connectivity index (χ0n) is 19.8. The van der Waals surface area contributed by atoms with E-state index in [-0.39, 0.29) is 4.90 Å². The monoisotopic (exact) mass is 523 g/mol. The number of hydrogen-bond acceptors (Lipinski definition) is 6. The number of aryl methyl sites for hydroxylation is 2. The lowest BCUT2D eigenvalue weighted by Gasteiger charge is -2.29. The zero-order valence-corrected chi connectivity index (χ0v) is 21.4. The van der Waals surface area contributed by atoms with Gasteiger partial charge in [0.2, 0.25) is 0 Å². The van der Waals surface area contributed by atoms with E-state index in [4.69, 9.17) is 0 Å². The summed E-state index contributed by atoms with van der Waals surface area (Å²) in [7, 11) is -7.57. The second kappa shape index (κ2) is 9.16. The number of nitrogens with zero attached hydrogens (tertiary/aromatic N) is 3. The molecule has 3 aromatic carbocycles. The predicted molar refractivity (Wildman–Crippen MR) is 141 cm³/mol. The van der Waals surface area contributed by atoms with Crippen molar-refractivity contribution in [3.8, 4) is 11.4 Å². The maximum atomic E-state index is 13.3. The maximum Gasteiger partial charge on any atom is 0.301 e. The number of rotatable bonds is 5. The highest BCUT2D eigenvalue weighted by atomic mass is 32.2. The van der Waals surface area contributed by atoms with E-state index >= 15 is 0 Å². The maximum absolute atomic E-state index is 13.3. The van der Waals surface area contributed by atoms with Crippen LogP contribution in [0, 0.1) is 13.8 Å². The third-order valence-electron chi connectivity index (χ3n) is 6.07. The fraction of sp³-hybridized carbons (Fsp3) is 0.200. The molecular formula is C25H25N5O4S2. The number of sulfonamides is 1. The van der Waals surface area contributed by atoms with Gasteiger partial charge in [-0.3, -0.25) is 9.03 Å². The quantitative estimate of drug-likeness (QED) is 0.411. The van der Waals surface area contributed by atoms with E-state index in [9.17, 15) is 16.8 Å². The van der Waals surface area contributed by atoms with Crippen molar-refractivity contribution in [2.24, 2.45) is 0 Å². The Balaban J connectivity index is 1.45. The first kappa shape index (κ1) is 24.2. The average molecular weight is 524 g/mol. The highest BCUT2D eigenvalue weighted by Crippen LogP contribution is 2.29. The molecule has 0 saturated carbocycles. The van der Waals surface area contributed by atoms with Gasteiger partial charge in [0.1, 0.15) is 0 Å².